The minimum atomic E-state index is 0.170. The molecule has 1 N–H and O–H groups in total. The van der Waals surface area contributed by atoms with Crippen LogP contribution in [0.5, 0.6) is 0 Å². The number of rotatable bonds is 1. The van der Waals surface area contributed by atoms with E-state index in [9.17, 15) is 4.79 Å². The molecular formula is C17H28N2O. The molecule has 1 heterocycles. The van der Waals surface area contributed by atoms with Crippen LogP contribution in [0.15, 0.2) is 0 Å². The highest BCUT2D eigenvalue weighted by atomic mass is 16.2. The van der Waals surface area contributed by atoms with Crippen LogP contribution < -0.4 is 5.32 Å². The van der Waals surface area contributed by atoms with Crippen molar-refractivity contribution in [3.05, 3.63) is 0 Å². The highest BCUT2D eigenvalue weighted by molar-refractivity contribution is 5.75. The largest absolute Gasteiger partial charge is 0.333 e. The van der Waals surface area contributed by atoms with E-state index in [2.05, 4.69) is 17.1 Å². The molecule has 20 heavy (non-hydrogen) atoms. The quantitative estimate of drug-likeness (QED) is 0.780. The third kappa shape index (κ3) is 2.14. The Morgan fingerprint density at radius 1 is 1.05 bits per heavy atom. The molecule has 4 aliphatic carbocycles. The van der Waals surface area contributed by atoms with E-state index in [-0.39, 0.29) is 11.6 Å². The predicted octanol–water partition coefficient (Wildman–Crippen LogP) is 3.54. The second-order valence-electron chi connectivity index (χ2n) is 8.17. The number of piperidine rings is 1. The minimum absolute atomic E-state index is 0.170. The summed E-state index contributed by atoms with van der Waals surface area (Å²) in [5, 5.41) is 3.51. The van der Waals surface area contributed by atoms with Gasteiger partial charge in [0.15, 0.2) is 0 Å². The number of likely N-dealkylation sites (tertiary alicyclic amines) is 1. The fraction of sp³-hybridized carbons (Fsp3) is 0.941. The van der Waals surface area contributed by atoms with E-state index in [0.717, 1.165) is 24.3 Å². The lowest BCUT2D eigenvalue weighted by Crippen LogP contribution is -2.62. The fourth-order valence-electron chi connectivity index (χ4n) is 5.96. The van der Waals surface area contributed by atoms with Gasteiger partial charge in [0.1, 0.15) is 0 Å². The second-order valence-corrected chi connectivity index (χ2v) is 8.17. The zero-order chi connectivity index (χ0) is 13.7. The average molecular weight is 276 g/mol. The van der Waals surface area contributed by atoms with Crippen molar-refractivity contribution in [2.24, 2.45) is 17.8 Å². The number of urea groups is 1. The molecule has 4 bridgehead atoms. The van der Waals surface area contributed by atoms with Crippen LogP contribution in [0.3, 0.4) is 0 Å². The highest BCUT2D eigenvalue weighted by Gasteiger charge is 2.51. The number of hydrogen-bond donors (Lipinski definition) is 1. The van der Waals surface area contributed by atoms with Gasteiger partial charge >= 0.3 is 6.03 Å². The number of hydrogen-bond acceptors (Lipinski definition) is 1. The Morgan fingerprint density at radius 2 is 1.65 bits per heavy atom. The monoisotopic (exact) mass is 276 g/mol. The molecule has 112 valence electrons. The molecule has 0 aromatic carbocycles. The van der Waals surface area contributed by atoms with Crippen LogP contribution in [0.4, 0.5) is 4.79 Å². The third-order valence-electron chi connectivity index (χ3n) is 6.47. The van der Waals surface area contributed by atoms with Gasteiger partial charge in [0, 0.05) is 18.1 Å². The highest BCUT2D eigenvalue weighted by Crippen LogP contribution is 2.55. The van der Waals surface area contributed by atoms with E-state index in [0.29, 0.717) is 6.04 Å². The molecule has 3 nitrogen and oxygen atoms in total. The molecule has 1 atom stereocenters. The molecule has 4 saturated carbocycles. The first-order valence-electron chi connectivity index (χ1n) is 8.72. The second kappa shape index (κ2) is 4.64. The van der Waals surface area contributed by atoms with E-state index in [1.807, 2.05) is 0 Å². The summed E-state index contributed by atoms with van der Waals surface area (Å²) in [5.74, 6) is 2.71. The van der Waals surface area contributed by atoms with Crippen molar-refractivity contribution in [2.75, 3.05) is 6.54 Å². The standard InChI is InChI=1S/C17H28N2O/c1-12-4-2-3-5-19(12)16(20)18-17-9-13-6-14(10-17)8-15(7-13)11-17/h12-15H,2-11H2,1H3,(H,18,20). The topological polar surface area (TPSA) is 32.3 Å². The van der Waals surface area contributed by atoms with Crippen molar-refractivity contribution in [3.63, 3.8) is 0 Å². The summed E-state index contributed by atoms with van der Waals surface area (Å²) in [4.78, 5) is 14.8. The molecule has 1 aliphatic heterocycles. The van der Waals surface area contributed by atoms with Gasteiger partial charge in [0.05, 0.1) is 0 Å². The molecule has 2 amide bonds. The Bertz CT molecular complexity index is 371. The van der Waals surface area contributed by atoms with Crippen LogP contribution in [0.2, 0.25) is 0 Å². The average Bonchev–Trinajstić information content (AvgIpc) is 2.36. The molecule has 5 fully saturated rings. The van der Waals surface area contributed by atoms with Crippen LogP contribution in [0, 0.1) is 17.8 Å². The summed E-state index contributed by atoms with van der Waals surface area (Å²) in [5.41, 5.74) is 0.170. The molecule has 1 unspecified atom stereocenters. The number of nitrogens with one attached hydrogen (secondary N) is 1. The molecule has 3 heteroatoms. The van der Waals surface area contributed by atoms with Gasteiger partial charge in [-0.3, -0.25) is 0 Å². The first-order valence-corrected chi connectivity index (χ1v) is 8.72. The van der Waals surface area contributed by atoms with Gasteiger partial charge < -0.3 is 10.2 Å². The van der Waals surface area contributed by atoms with Crippen molar-refractivity contribution < 1.29 is 4.79 Å². The smallest absolute Gasteiger partial charge is 0.318 e. The third-order valence-corrected chi connectivity index (χ3v) is 6.47. The molecule has 1 saturated heterocycles. The minimum Gasteiger partial charge on any atom is -0.333 e. The van der Waals surface area contributed by atoms with Gasteiger partial charge in [-0.1, -0.05) is 0 Å². The fourth-order valence-corrected chi connectivity index (χ4v) is 5.96. The van der Waals surface area contributed by atoms with E-state index < -0.39 is 0 Å². The van der Waals surface area contributed by atoms with E-state index >= 15 is 0 Å². The maximum atomic E-state index is 12.7. The Balaban J connectivity index is 1.47. The van der Waals surface area contributed by atoms with Gasteiger partial charge in [0.2, 0.25) is 0 Å². The first-order chi connectivity index (χ1) is 9.63. The van der Waals surface area contributed by atoms with Crippen LogP contribution in [-0.2, 0) is 0 Å². The Hall–Kier alpha value is -0.730. The van der Waals surface area contributed by atoms with E-state index in [1.54, 1.807) is 0 Å². The van der Waals surface area contributed by atoms with E-state index in [4.69, 9.17) is 0 Å². The SMILES string of the molecule is CC1CCCCN1C(=O)NC12CC3CC(CC(C3)C1)C2. The molecule has 0 radical (unpaired) electrons. The lowest BCUT2D eigenvalue weighted by molar-refractivity contribution is -0.0167. The van der Waals surface area contributed by atoms with Gasteiger partial charge in [-0.15, -0.1) is 0 Å². The van der Waals surface area contributed by atoms with Gasteiger partial charge in [-0.25, -0.2) is 4.79 Å². The summed E-state index contributed by atoms with van der Waals surface area (Å²) >= 11 is 0. The number of carbonyl (C=O) groups excluding carboxylic acids is 1. The van der Waals surface area contributed by atoms with Crippen molar-refractivity contribution in [1.82, 2.24) is 10.2 Å². The Kier molecular flexibility index (Phi) is 3.01. The molecule has 0 aromatic heterocycles. The summed E-state index contributed by atoms with van der Waals surface area (Å²) in [6, 6.07) is 0.664. The predicted molar refractivity (Wildman–Crippen MR) is 79.5 cm³/mol. The molecule has 5 rings (SSSR count). The van der Waals surface area contributed by atoms with Crippen LogP contribution in [0.1, 0.15) is 64.7 Å². The van der Waals surface area contributed by atoms with Crippen LogP contribution in [-0.4, -0.2) is 29.1 Å². The van der Waals surface area contributed by atoms with Crippen molar-refractivity contribution in [1.29, 1.82) is 0 Å². The van der Waals surface area contributed by atoms with Gasteiger partial charge in [-0.2, -0.15) is 0 Å². The molecule has 0 spiro atoms. The normalized spacial score (nSPS) is 46.5. The van der Waals surface area contributed by atoms with Crippen molar-refractivity contribution in [3.8, 4) is 0 Å². The van der Waals surface area contributed by atoms with Crippen LogP contribution in [0.25, 0.3) is 0 Å². The Labute approximate surface area is 122 Å². The Morgan fingerprint density at radius 3 is 2.20 bits per heavy atom. The zero-order valence-corrected chi connectivity index (χ0v) is 12.7. The summed E-state index contributed by atoms with van der Waals surface area (Å²) in [7, 11) is 0. The lowest BCUT2D eigenvalue weighted by atomic mass is 9.53. The summed E-state index contributed by atoms with van der Waals surface area (Å²) in [6.07, 6.45) is 11.7. The van der Waals surface area contributed by atoms with Crippen LogP contribution >= 0.6 is 0 Å². The molecule has 0 aromatic rings. The maximum Gasteiger partial charge on any atom is 0.318 e. The number of nitrogens with zero attached hydrogens (tertiary/aromatic N) is 1. The number of carbonyl (C=O) groups is 1. The number of amides is 2. The van der Waals surface area contributed by atoms with Gasteiger partial charge in [0.25, 0.3) is 0 Å². The van der Waals surface area contributed by atoms with Crippen molar-refractivity contribution >= 4 is 6.03 Å². The summed E-state index contributed by atoms with van der Waals surface area (Å²) in [6.45, 7) is 3.16. The van der Waals surface area contributed by atoms with Crippen molar-refractivity contribution in [2.45, 2.75) is 76.3 Å². The molecule has 5 aliphatic rings. The first kappa shape index (κ1) is 13.0. The maximum absolute atomic E-state index is 12.7. The lowest BCUT2D eigenvalue weighted by Gasteiger charge is -2.57. The molecular weight excluding hydrogens is 248 g/mol. The zero-order valence-electron chi connectivity index (χ0n) is 12.7. The van der Waals surface area contributed by atoms with Gasteiger partial charge in [-0.05, 0) is 82.5 Å². The van der Waals surface area contributed by atoms with E-state index in [1.165, 1.54) is 57.8 Å². The summed E-state index contributed by atoms with van der Waals surface area (Å²) < 4.78 is 0.